The molecule has 1 heterocycles. The second kappa shape index (κ2) is 11.5. The minimum absolute atomic E-state index is 0.125. The van der Waals surface area contributed by atoms with Gasteiger partial charge in [0.1, 0.15) is 11.5 Å². The second-order valence-electron chi connectivity index (χ2n) is 9.49. The highest BCUT2D eigenvalue weighted by Gasteiger charge is 2.25. The zero-order valence-electron chi connectivity index (χ0n) is 20.8. The van der Waals surface area contributed by atoms with Crippen molar-refractivity contribution < 1.29 is 27.0 Å². The summed E-state index contributed by atoms with van der Waals surface area (Å²) in [6, 6.07) is 8.24. The maximum Gasteiger partial charge on any atom is 0.266 e. The fraction of sp³-hybridized carbons (Fsp3) is 0.429. The lowest BCUT2D eigenvalue weighted by atomic mass is 9.81. The molecule has 1 aromatic heterocycles. The zero-order valence-corrected chi connectivity index (χ0v) is 21.6. The van der Waals surface area contributed by atoms with Gasteiger partial charge in [0.25, 0.3) is 12.2 Å². The molecule has 0 radical (unpaired) electrons. The molecule has 190 valence electrons. The highest BCUT2D eigenvalue weighted by Crippen LogP contribution is 2.45. The summed E-state index contributed by atoms with van der Waals surface area (Å²) >= 11 is 1.69. The standard InChI is InChI=1S/C28H32F4O2S/c1-6-28(4,5)21-16-25-20(14-23(21)34-12-8-10-27(31)32)19-13-22(33-11-7-9-26(29)30)18(17(2)3)15-24(19)35-25/h9-10,13-17H,6-8,11-12H2,1-5H3. The predicted molar refractivity (Wildman–Crippen MR) is 138 cm³/mol. The summed E-state index contributed by atoms with van der Waals surface area (Å²) in [6.45, 7) is 10.9. The van der Waals surface area contributed by atoms with Crippen LogP contribution in [-0.2, 0) is 5.41 Å². The normalized spacial score (nSPS) is 11.8. The van der Waals surface area contributed by atoms with Gasteiger partial charge < -0.3 is 9.47 Å². The van der Waals surface area contributed by atoms with Crippen LogP contribution in [-0.4, -0.2) is 13.2 Å². The van der Waals surface area contributed by atoms with Gasteiger partial charge in [-0.2, -0.15) is 17.6 Å². The van der Waals surface area contributed by atoms with Gasteiger partial charge in [0.05, 0.1) is 13.2 Å². The SMILES string of the molecule is CCC(C)(C)c1cc2sc3cc(C(C)C)c(OCCC=C(F)F)cc3c2cc1OCCC=C(F)F. The van der Waals surface area contributed by atoms with Crippen molar-refractivity contribution in [3.8, 4) is 11.5 Å². The Labute approximate surface area is 208 Å². The summed E-state index contributed by atoms with van der Waals surface area (Å²) in [4.78, 5) is 0. The first kappa shape index (κ1) is 27.1. The van der Waals surface area contributed by atoms with Crippen LogP contribution in [0.15, 0.2) is 48.6 Å². The molecule has 0 unspecified atom stereocenters. The number of benzene rings is 2. The third kappa shape index (κ3) is 6.57. The van der Waals surface area contributed by atoms with Crippen LogP contribution in [0.3, 0.4) is 0 Å². The van der Waals surface area contributed by atoms with Gasteiger partial charge in [-0.05, 0) is 59.7 Å². The Morgan fingerprint density at radius 2 is 1.37 bits per heavy atom. The Balaban J connectivity index is 2.09. The lowest BCUT2D eigenvalue weighted by Gasteiger charge is -2.26. The van der Waals surface area contributed by atoms with Crippen LogP contribution in [0.2, 0.25) is 0 Å². The van der Waals surface area contributed by atoms with E-state index in [0.29, 0.717) is 11.5 Å². The van der Waals surface area contributed by atoms with Gasteiger partial charge in [0.2, 0.25) is 0 Å². The topological polar surface area (TPSA) is 18.5 Å². The van der Waals surface area contributed by atoms with Gasteiger partial charge in [-0.15, -0.1) is 11.3 Å². The molecule has 3 aromatic rings. The molecule has 0 aliphatic heterocycles. The number of hydrogen-bond donors (Lipinski definition) is 0. The van der Waals surface area contributed by atoms with Crippen LogP contribution in [0.5, 0.6) is 11.5 Å². The number of ether oxygens (including phenoxy) is 2. The van der Waals surface area contributed by atoms with Gasteiger partial charge >= 0.3 is 0 Å². The van der Waals surface area contributed by atoms with Crippen molar-refractivity contribution >= 4 is 31.5 Å². The summed E-state index contributed by atoms with van der Waals surface area (Å²) in [5, 5.41) is 2.00. The molecule has 2 nitrogen and oxygen atoms in total. The van der Waals surface area contributed by atoms with E-state index >= 15 is 0 Å². The third-order valence-corrected chi connectivity index (χ3v) is 7.40. The summed E-state index contributed by atoms with van der Waals surface area (Å²) in [7, 11) is 0. The van der Waals surface area contributed by atoms with E-state index in [1.165, 1.54) is 0 Å². The van der Waals surface area contributed by atoms with Gasteiger partial charge in [-0.3, -0.25) is 0 Å². The summed E-state index contributed by atoms with van der Waals surface area (Å²) in [5.41, 5.74) is 1.92. The summed E-state index contributed by atoms with van der Waals surface area (Å²) in [5.74, 6) is 1.57. The van der Waals surface area contributed by atoms with Crippen molar-refractivity contribution in [1.29, 1.82) is 0 Å². The molecule has 7 heteroatoms. The molecule has 2 aromatic carbocycles. The van der Waals surface area contributed by atoms with Crippen molar-refractivity contribution in [2.75, 3.05) is 13.2 Å². The molecule has 0 fully saturated rings. The second-order valence-corrected chi connectivity index (χ2v) is 10.6. The molecule has 3 rings (SSSR count). The minimum Gasteiger partial charge on any atom is -0.493 e. The average molecular weight is 509 g/mol. The third-order valence-electron chi connectivity index (χ3n) is 6.29. The lowest BCUT2D eigenvalue weighted by Crippen LogP contribution is -2.17. The van der Waals surface area contributed by atoms with Crippen LogP contribution >= 0.6 is 11.3 Å². The summed E-state index contributed by atoms with van der Waals surface area (Å²) in [6.07, 6.45) is -0.547. The largest absolute Gasteiger partial charge is 0.493 e. The first-order valence-electron chi connectivity index (χ1n) is 11.9. The number of thiophene rings is 1. The maximum atomic E-state index is 12.5. The number of hydrogen-bond acceptors (Lipinski definition) is 3. The van der Waals surface area contributed by atoms with Gasteiger partial charge in [-0.1, -0.05) is 34.6 Å². The number of halogens is 4. The molecule has 0 spiro atoms. The van der Waals surface area contributed by atoms with Crippen molar-refractivity contribution in [3.05, 3.63) is 59.7 Å². The zero-order chi connectivity index (χ0) is 25.8. The molecule has 0 aliphatic carbocycles. The minimum atomic E-state index is -1.71. The fourth-order valence-corrected chi connectivity index (χ4v) is 5.09. The highest BCUT2D eigenvalue weighted by molar-refractivity contribution is 7.25. The van der Waals surface area contributed by atoms with Crippen molar-refractivity contribution in [3.63, 3.8) is 0 Å². The van der Waals surface area contributed by atoms with Crippen LogP contribution < -0.4 is 9.47 Å². The van der Waals surface area contributed by atoms with Crippen molar-refractivity contribution in [2.45, 2.75) is 65.2 Å². The van der Waals surface area contributed by atoms with Crippen LogP contribution in [0, 0.1) is 0 Å². The first-order valence-corrected chi connectivity index (χ1v) is 12.7. The van der Waals surface area contributed by atoms with Gasteiger partial charge in [0, 0.05) is 38.6 Å². The molecule has 35 heavy (non-hydrogen) atoms. The molecule has 0 amide bonds. The maximum absolute atomic E-state index is 12.5. The van der Waals surface area contributed by atoms with Gasteiger partial charge in [-0.25, -0.2) is 0 Å². The Morgan fingerprint density at radius 3 is 1.89 bits per heavy atom. The van der Waals surface area contributed by atoms with E-state index in [1.807, 2.05) is 12.1 Å². The molecule has 0 aliphatic rings. The molecule has 0 atom stereocenters. The smallest absolute Gasteiger partial charge is 0.266 e. The quantitative estimate of drug-likeness (QED) is 0.189. The van der Waals surface area contributed by atoms with E-state index in [0.717, 1.165) is 49.9 Å². The number of rotatable bonds is 11. The van der Waals surface area contributed by atoms with E-state index in [2.05, 4.69) is 46.8 Å². The molecule has 0 N–H and O–H groups in total. The van der Waals surface area contributed by atoms with E-state index in [-0.39, 0.29) is 37.4 Å². The molecule has 0 bridgehead atoms. The highest BCUT2D eigenvalue weighted by atomic mass is 32.1. The molecule has 0 saturated carbocycles. The van der Waals surface area contributed by atoms with Crippen LogP contribution in [0.25, 0.3) is 20.2 Å². The van der Waals surface area contributed by atoms with Crippen LogP contribution in [0.1, 0.15) is 70.9 Å². The molecule has 0 saturated heterocycles. The Morgan fingerprint density at radius 1 is 0.857 bits per heavy atom. The fourth-order valence-electron chi connectivity index (χ4n) is 3.93. The average Bonchev–Trinajstić information content (AvgIpc) is 3.14. The van der Waals surface area contributed by atoms with E-state index in [4.69, 9.17) is 9.47 Å². The Hall–Kier alpha value is -2.54. The molecular weight excluding hydrogens is 476 g/mol. The van der Waals surface area contributed by atoms with Crippen molar-refractivity contribution in [2.24, 2.45) is 0 Å². The summed E-state index contributed by atoms with van der Waals surface area (Å²) < 4.78 is 63.8. The first-order chi connectivity index (χ1) is 16.5. The van der Waals surface area contributed by atoms with Crippen molar-refractivity contribution in [1.82, 2.24) is 0 Å². The Bertz CT molecular complexity index is 1230. The van der Waals surface area contributed by atoms with E-state index in [9.17, 15) is 17.6 Å². The van der Waals surface area contributed by atoms with Gasteiger partial charge in [0.15, 0.2) is 0 Å². The molecular formula is C28H32F4O2S. The Kier molecular flexibility index (Phi) is 8.86. The van der Waals surface area contributed by atoms with Crippen LogP contribution in [0.4, 0.5) is 17.6 Å². The van der Waals surface area contributed by atoms with E-state index < -0.39 is 12.2 Å². The number of fused-ring (bicyclic) bond motifs is 3. The lowest BCUT2D eigenvalue weighted by molar-refractivity contribution is 0.309. The van der Waals surface area contributed by atoms with E-state index in [1.54, 1.807) is 11.3 Å². The monoisotopic (exact) mass is 508 g/mol. The predicted octanol–water partition coefficient (Wildman–Crippen LogP) is 9.96.